The third kappa shape index (κ3) is 9.49. The molecular formula is C47H62BN9O4S2. The summed E-state index contributed by atoms with van der Waals surface area (Å²) in [7, 11) is 6.23. The summed E-state index contributed by atoms with van der Waals surface area (Å²) < 4.78 is 3.24. The number of anilines is 4. The highest BCUT2D eigenvalue weighted by Crippen LogP contribution is 2.75. The molecule has 16 heteroatoms. The lowest BCUT2D eigenvalue weighted by Gasteiger charge is -2.70. The third-order valence-electron chi connectivity index (χ3n) is 13.9. The summed E-state index contributed by atoms with van der Waals surface area (Å²) in [6, 6.07) is 11.8. The van der Waals surface area contributed by atoms with Crippen molar-refractivity contribution in [3.8, 4) is 11.1 Å². The molecule has 0 saturated heterocycles. The minimum atomic E-state index is -1.08. The van der Waals surface area contributed by atoms with E-state index in [2.05, 4.69) is 71.5 Å². The molecule has 334 valence electrons. The predicted octanol–water partition coefficient (Wildman–Crippen LogP) is 10.1. The first-order valence-electron chi connectivity index (χ1n) is 22.3. The average Bonchev–Trinajstić information content (AvgIpc) is 3.82. The van der Waals surface area contributed by atoms with E-state index in [0.717, 1.165) is 76.5 Å². The molecule has 63 heavy (non-hydrogen) atoms. The normalized spacial score (nSPS) is 24.4. The van der Waals surface area contributed by atoms with Crippen LogP contribution in [0.4, 0.5) is 22.6 Å². The monoisotopic (exact) mass is 891 g/mol. The van der Waals surface area contributed by atoms with Gasteiger partial charge in [0, 0.05) is 47.6 Å². The second kappa shape index (κ2) is 18.5. The molecule has 5 aliphatic rings. The largest absolute Gasteiger partial charge is 0.481 e. The predicted molar refractivity (Wildman–Crippen MR) is 256 cm³/mol. The zero-order valence-corrected chi connectivity index (χ0v) is 39.6. The van der Waals surface area contributed by atoms with Crippen LogP contribution in [0.5, 0.6) is 0 Å². The quantitative estimate of drug-likeness (QED) is 0.0618. The number of carboxylic acid groups (broad SMARTS) is 2. The van der Waals surface area contributed by atoms with Crippen molar-refractivity contribution in [3.05, 3.63) is 65.1 Å². The molecule has 1 aliphatic heterocycles. The fourth-order valence-corrected chi connectivity index (χ4v) is 13.7. The maximum Gasteiger partial charge on any atom is 0.355 e. The first kappa shape index (κ1) is 46.5. The van der Waals surface area contributed by atoms with Gasteiger partial charge in [-0.15, -0.1) is 10.2 Å². The number of nitrogens with zero attached hydrogens (tertiary/aromatic N) is 8. The van der Waals surface area contributed by atoms with E-state index in [1.54, 1.807) is 11.3 Å². The average molecular weight is 892 g/mol. The van der Waals surface area contributed by atoms with Crippen LogP contribution in [0, 0.1) is 35.5 Å². The molecule has 4 bridgehead atoms. The Morgan fingerprint density at radius 1 is 0.921 bits per heavy atom. The Balaban J connectivity index is 0.00000145. The molecule has 1 aromatic carbocycles. The van der Waals surface area contributed by atoms with Gasteiger partial charge >= 0.3 is 11.9 Å². The maximum atomic E-state index is 13.0. The number of thiazole rings is 1. The number of fused-ring (bicyclic) bond motifs is 2. The summed E-state index contributed by atoms with van der Waals surface area (Å²) in [4.78, 5) is 37.7. The number of para-hydroxylation sites is 1. The van der Waals surface area contributed by atoms with E-state index in [9.17, 15) is 14.7 Å². The Labute approximate surface area is 382 Å². The molecule has 2 atom stereocenters. The number of hydrogen-bond acceptors (Lipinski definition) is 12. The lowest BCUT2D eigenvalue weighted by atomic mass is 9.35. The highest BCUT2D eigenvalue weighted by molar-refractivity contribution is 8.03. The Bertz CT molecular complexity index is 2420. The minimum absolute atomic E-state index is 0.00169. The first-order valence-corrected chi connectivity index (χ1v) is 23.7. The first-order chi connectivity index (χ1) is 30.1. The Morgan fingerprint density at radius 2 is 1.63 bits per heavy atom. The van der Waals surface area contributed by atoms with Gasteiger partial charge in [0.2, 0.25) is 0 Å². The Hall–Kier alpha value is -4.54. The van der Waals surface area contributed by atoms with E-state index in [0.29, 0.717) is 36.1 Å². The van der Waals surface area contributed by atoms with Gasteiger partial charge in [-0.3, -0.25) is 9.48 Å². The number of aliphatic carboxylic acids is 1. The van der Waals surface area contributed by atoms with Crippen LogP contribution in [-0.2, 0) is 17.8 Å². The molecule has 4 fully saturated rings. The number of aromatic carboxylic acids is 1. The number of rotatable bonds is 14. The van der Waals surface area contributed by atoms with Crippen molar-refractivity contribution in [1.82, 2.24) is 34.8 Å². The zero-order chi connectivity index (χ0) is 45.3. The van der Waals surface area contributed by atoms with Crippen LogP contribution in [-0.4, -0.2) is 90.8 Å². The molecule has 5 heterocycles. The van der Waals surface area contributed by atoms with Crippen LogP contribution < -0.4 is 10.2 Å². The van der Waals surface area contributed by atoms with E-state index in [1.807, 2.05) is 69.2 Å². The number of hydrogen-bond donors (Lipinski definition) is 4. The van der Waals surface area contributed by atoms with Gasteiger partial charge < -0.3 is 25.3 Å². The summed E-state index contributed by atoms with van der Waals surface area (Å²) in [5.41, 5.74) is 6.25. The minimum Gasteiger partial charge on any atom is -0.481 e. The molecule has 2 unspecified atom stereocenters. The van der Waals surface area contributed by atoms with Gasteiger partial charge in [0.15, 0.2) is 29.6 Å². The summed E-state index contributed by atoms with van der Waals surface area (Å²) in [5, 5.41) is 38.1. The van der Waals surface area contributed by atoms with Crippen molar-refractivity contribution in [3.63, 3.8) is 0 Å². The molecular weight excluding hydrogens is 830 g/mol. The number of carboxylic acids is 2. The molecule has 4 aliphatic carbocycles. The van der Waals surface area contributed by atoms with E-state index in [-0.39, 0.29) is 33.8 Å². The smallest absolute Gasteiger partial charge is 0.355 e. The van der Waals surface area contributed by atoms with Crippen LogP contribution in [0.2, 0.25) is 0 Å². The number of thiol groups is 1. The van der Waals surface area contributed by atoms with Crippen LogP contribution in [0.3, 0.4) is 0 Å². The summed E-state index contributed by atoms with van der Waals surface area (Å²) >= 11 is 4.60. The molecule has 4 aromatic heterocycles. The van der Waals surface area contributed by atoms with Crippen molar-refractivity contribution in [2.45, 2.75) is 119 Å². The highest BCUT2D eigenvalue weighted by atomic mass is 32.1. The van der Waals surface area contributed by atoms with Crippen LogP contribution in [0.15, 0.2) is 42.6 Å². The van der Waals surface area contributed by atoms with Crippen LogP contribution >= 0.6 is 23.8 Å². The van der Waals surface area contributed by atoms with Gasteiger partial charge in [-0.05, 0) is 138 Å². The molecule has 0 spiro atoms. The fraction of sp³-hybridized carbons (Fsp3) is 0.553. The van der Waals surface area contributed by atoms with Gasteiger partial charge in [-0.25, -0.2) is 27.2 Å². The van der Waals surface area contributed by atoms with E-state index in [4.69, 9.17) is 20.2 Å². The topological polar surface area (TPSA) is 162 Å². The number of pyridine rings is 1. The SMILES string of the molecule is CC.Cc1c(Nc2nc3ccccc3s2)nnc2c1CCCN2c1ccc(-c2cnn(CC34CC5(C)CC(C)(CC(CCCN(C)CCC(=O)O)(C5)C3)C4)c2C)c(C(=O)O)n1.[B]S. The number of carbonyl (C=O) groups is 2. The summed E-state index contributed by atoms with van der Waals surface area (Å²) in [6.45, 7) is 16.1. The fourth-order valence-electron chi connectivity index (χ4n) is 12.9. The summed E-state index contributed by atoms with van der Waals surface area (Å²) in [6.07, 6.45) is 13.3. The highest BCUT2D eigenvalue weighted by Gasteiger charge is 2.65. The second-order valence-electron chi connectivity index (χ2n) is 19.2. The third-order valence-corrected chi connectivity index (χ3v) is 14.9. The Kier molecular flexibility index (Phi) is 13.7. The molecule has 4 saturated carbocycles. The standard InChI is InChI=1S/C45H55N9O4S.C2H6.BHS/c1-28-30-10-8-18-53(39(30)51-50-38(28)49-41-47-33-11-6-7-12-34(33)59-41)35-14-13-31(37(48-35)40(57)58)32-20-46-54(29(32)2)27-45-24-42(3)21-43(4,25-45)23-44(22-42,26-45)16-9-17-52(5)19-15-36(55)56;2*1-2/h6-7,11-14,20H,8-10,15-19,21-27H2,1-5H3,(H,55,56)(H,57,58)(H,47,49,50);1-2H3;2H. The number of aromatic nitrogens is 6. The Morgan fingerprint density at radius 3 is 2.33 bits per heavy atom. The molecule has 2 radical (unpaired) electrons. The lowest BCUT2D eigenvalue weighted by molar-refractivity contribution is -0.198. The lowest BCUT2D eigenvalue weighted by Crippen LogP contribution is -2.60. The molecule has 10 rings (SSSR count). The second-order valence-corrected chi connectivity index (χ2v) is 20.3. The van der Waals surface area contributed by atoms with Crippen molar-refractivity contribution in [2.24, 2.45) is 21.7 Å². The van der Waals surface area contributed by atoms with Crippen molar-refractivity contribution in [1.29, 1.82) is 0 Å². The molecule has 3 N–H and O–H groups in total. The summed E-state index contributed by atoms with van der Waals surface area (Å²) in [5.74, 6) is 0.0678. The van der Waals surface area contributed by atoms with E-state index in [1.165, 1.54) is 38.5 Å². The number of nitrogens with one attached hydrogen (secondary N) is 1. The molecule has 13 nitrogen and oxygen atoms in total. The molecule has 5 aromatic rings. The number of benzene rings is 1. The van der Waals surface area contributed by atoms with E-state index >= 15 is 0 Å². The van der Waals surface area contributed by atoms with Gasteiger partial charge in [-0.2, -0.15) is 5.10 Å². The van der Waals surface area contributed by atoms with Crippen molar-refractivity contribution < 1.29 is 19.8 Å². The van der Waals surface area contributed by atoms with E-state index < -0.39 is 11.9 Å². The van der Waals surface area contributed by atoms with Crippen molar-refractivity contribution in [2.75, 3.05) is 36.9 Å². The van der Waals surface area contributed by atoms with Gasteiger partial charge in [0.05, 0.1) is 22.8 Å². The van der Waals surface area contributed by atoms with Gasteiger partial charge in [0.1, 0.15) is 5.82 Å². The zero-order valence-electron chi connectivity index (χ0n) is 37.9. The van der Waals surface area contributed by atoms with Crippen molar-refractivity contribution >= 4 is 75.7 Å². The van der Waals surface area contributed by atoms with Gasteiger partial charge in [-0.1, -0.05) is 51.2 Å². The van der Waals surface area contributed by atoms with Crippen LogP contribution in [0.1, 0.15) is 119 Å². The van der Waals surface area contributed by atoms with Crippen LogP contribution in [0.25, 0.3) is 21.3 Å². The molecule has 0 amide bonds. The van der Waals surface area contributed by atoms with Gasteiger partial charge in [0.25, 0.3) is 0 Å². The maximum absolute atomic E-state index is 13.0.